The van der Waals surface area contributed by atoms with Crippen molar-refractivity contribution in [2.24, 2.45) is 17.8 Å². The number of carbonyl (C=O) groups is 6. The smallest absolute Gasteiger partial charge is 0.264 e. The van der Waals surface area contributed by atoms with Gasteiger partial charge in [0.1, 0.15) is 12.6 Å². The summed E-state index contributed by atoms with van der Waals surface area (Å²) < 4.78 is 26.9. The Kier molecular flexibility index (Phi) is 12.6. The van der Waals surface area contributed by atoms with E-state index in [2.05, 4.69) is 43.0 Å². The standard InChI is InChI=1S/C48H54FN7O8/c1-2-32-38(53-45(60)42(32)49)26-64-46-36-22-29-14-17-51-43(58)35(29)23-34(36)30(24-52-46)11-10-27-6-8-28(9-7-27)25-55-19-15-31(16-20-55)63-21-18-50-37-5-3-4-33-41(37)48(62)56(47(33)61)39-12-13-40(57)54-44(39)59/h3-5,22-24,27-28,31-32,38-39,42,50H,2,6-9,12-21,25-26H2,1H3,(H,51,58)(H,53,60)(H,54,57,59)/t27-,28-,32-,38+,39?,42-/m0/s1. The van der Waals surface area contributed by atoms with E-state index >= 15 is 0 Å². The number of pyridine rings is 1. The lowest BCUT2D eigenvalue weighted by molar-refractivity contribution is -0.136. The predicted octanol–water partition coefficient (Wildman–Crippen LogP) is 3.91. The highest BCUT2D eigenvalue weighted by Crippen LogP contribution is 2.35. The molecule has 1 saturated carbocycles. The molecule has 6 aliphatic rings. The molecule has 6 heterocycles. The number of piperidine rings is 2. The van der Waals surface area contributed by atoms with Crippen molar-refractivity contribution < 1.29 is 42.6 Å². The number of carbonyl (C=O) groups excluding carboxylic acids is 6. The Bertz CT molecular complexity index is 2430. The van der Waals surface area contributed by atoms with Crippen LogP contribution in [0.1, 0.15) is 107 Å². The van der Waals surface area contributed by atoms with E-state index in [1.807, 2.05) is 19.1 Å². The number of nitrogens with zero attached hydrogens (tertiary/aromatic N) is 3. The number of aromatic nitrogens is 1. The van der Waals surface area contributed by atoms with Gasteiger partial charge in [0.15, 0.2) is 6.17 Å². The van der Waals surface area contributed by atoms with Crippen molar-refractivity contribution in [3.05, 3.63) is 64.3 Å². The van der Waals surface area contributed by atoms with E-state index in [1.54, 1.807) is 24.4 Å². The van der Waals surface area contributed by atoms with Crippen LogP contribution < -0.4 is 26.0 Å². The summed E-state index contributed by atoms with van der Waals surface area (Å²) in [7, 11) is 0. The lowest BCUT2D eigenvalue weighted by Gasteiger charge is -2.36. The number of imide groups is 2. The molecule has 6 amide bonds. The zero-order valence-electron chi connectivity index (χ0n) is 36.0. The molecule has 4 N–H and O–H groups in total. The third kappa shape index (κ3) is 8.80. The summed E-state index contributed by atoms with van der Waals surface area (Å²) in [6.45, 7) is 6.35. The molecule has 3 aromatic rings. The zero-order valence-corrected chi connectivity index (χ0v) is 36.0. The van der Waals surface area contributed by atoms with Gasteiger partial charge in [-0.15, -0.1) is 0 Å². The number of benzene rings is 2. The van der Waals surface area contributed by atoms with E-state index in [1.165, 1.54) is 0 Å². The number of fused-ring (bicyclic) bond motifs is 3. The van der Waals surface area contributed by atoms with E-state index in [0.29, 0.717) is 55.6 Å². The molecule has 0 spiro atoms. The SMILES string of the molecule is CC[C@@H]1[C@H](F)C(=O)N[C@@H]1COc1ncc(C#C[C@H]2CC[C@H](CN3CCC(OCCNc4cccc5c4C(=O)N(C4CCC(=O)NC4=O)C5=O)CC3)CC2)c2cc3c(cc12)CCNC3=O. The highest BCUT2D eigenvalue weighted by atomic mass is 19.1. The van der Waals surface area contributed by atoms with Gasteiger partial charge >= 0.3 is 0 Å². The number of hydrogen-bond donors (Lipinski definition) is 4. The average Bonchev–Trinajstić information content (AvgIpc) is 3.72. The Balaban J connectivity index is 0.737. The number of likely N-dealkylation sites (tertiary alicyclic amines) is 1. The number of ether oxygens (including phenoxy) is 2. The van der Waals surface area contributed by atoms with Crippen molar-refractivity contribution >= 4 is 51.9 Å². The van der Waals surface area contributed by atoms with Crippen molar-refractivity contribution in [1.29, 1.82) is 0 Å². The molecule has 2 aromatic carbocycles. The van der Waals surface area contributed by atoms with Crippen molar-refractivity contribution in [2.75, 3.05) is 51.3 Å². The molecule has 16 heteroatoms. The van der Waals surface area contributed by atoms with Gasteiger partial charge in [-0.2, -0.15) is 0 Å². The van der Waals surface area contributed by atoms with Gasteiger partial charge < -0.3 is 30.3 Å². The molecule has 0 bridgehead atoms. The van der Waals surface area contributed by atoms with Crippen LogP contribution in [0.15, 0.2) is 36.5 Å². The minimum atomic E-state index is -1.55. The van der Waals surface area contributed by atoms with Gasteiger partial charge in [0.25, 0.3) is 23.6 Å². The summed E-state index contributed by atoms with van der Waals surface area (Å²) in [5.41, 5.74) is 3.25. The Morgan fingerprint density at radius 1 is 0.922 bits per heavy atom. The molecular weight excluding hydrogens is 822 g/mol. The monoisotopic (exact) mass is 875 g/mol. The van der Waals surface area contributed by atoms with Gasteiger partial charge in [-0.1, -0.05) is 24.8 Å². The van der Waals surface area contributed by atoms with Crippen molar-refractivity contribution in [2.45, 2.75) is 95.5 Å². The number of halogens is 1. The third-order valence-corrected chi connectivity index (χ3v) is 13.9. The van der Waals surface area contributed by atoms with Crippen LogP contribution in [0.25, 0.3) is 10.8 Å². The molecule has 4 atom stereocenters. The van der Waals surface area contributed by atoms with Crippen LogP contribution in [0.3, 0.4) is 0 Å². The lowest BCUT2D eigenvalue weighted by atomic mass is 9.81. The Hall–Kier alpha value is -5.92. The highest BCUT2D eigenvalue weighted by Gasteiger charge is 2.46. The molecule has 9 rings (SSSR count). The Labute approximate surface area is 370 Å². The average molecular weight is 876 g/mol. The molecule has 3 saturated heterocycles. The number of amides is 6. The minimum Gasteiger partial charge on any atom is -0.475 e. The second-order valence-electron chi connectivity index (χ2n) is 17.9. The second-order valence-corrected chi connectivity index (χ2v) is 17.9. The van der Waals surface area contributed by atoms with Crippen molar-refractivity contribution in [3.63, 3.8) is 0 Å². The van der Waals surface area contributed by atoms with Crippen molar-refractivity contribution in [1.82, 2.24) is 30.7 Å². The first-order valence-corrected chi connectivity index (χ1v) is 22.8. The summed E-state index contributed by atoms with van der Waals surface area (Å²) in [4.78, 5) is 83.7. The minimum absolute atomic E-state index is 0.0684. The second kappa shape index (κ2) is 18.7. The van der Waals surface area contributed by atoms with E-state index in [-0.39, 0.29) is 48.5 Å². The van der Waals surface area contributed by atoms with Gasteiger partial charge in [-0.3, -0.25) is 39.0 Å². The van der Waals surface area contributed by atoms with Crippen molar-refractivity contribution in [3.8, 4) is 17.7 Å². The molecule has 5 aliphatic heterocycles. The number of nitrogens with one attached hydrogen (secondary N) is 4. The van der Waals surface area contributed by atoms with Crippen LogP contribution >= 0.6 is 0 Å². The molecule has 15 nitrogen and oxygen atoms in total. The highest BCUT2D eigenvalue weighted by molar-refractivity contribution is 6.25. The predicted molar refractivity (Wildman–Crippen MR) is 233 cm³/mol. The first-order chi connectivity index (χ1) is 31.1. The van der Waals surface area contributed by atoms with Crippen LogP contribution in [0, 0.1) is 29.6 Å². The lowest BCUT2D eigenvalue weighted by Crippen LogP contribution is -2.54. The fourth-order valence-corrected chi connectivity index (χ4v) is 10.3. The quantitative estimate of drug-likeness (QED) is 0.117. The molecule has 1 unspecified atom stereocenters. The topological polar surface area (TPSA) is 188 Å². The maximum absolute atomic E-state index is 14.5. The van der Waals surface area contributed by atoms with Gasteiger partial charge in [0.2, 0.25) is 17.7 Å². The van der Waals surface area contributed by atoms with Crippen LogP contribution in [-0.2, 0) is 25.5 Å². The number of rotatable bonds is 12. The molecular formula is C48H54FN7O8. The summed E-state index contributed by atoms with van der Waals surface area (Å²) in [6, 6.07) is 7.41. The van der Waals surface area contributed by atoms with Crippen LogP contribution in [0.4, 0.5) is 10.1 Å². The van der Waals surface area contributed by atoms with E-state index in [4.69, 9.17) is 9.47 Å². The fraction of sp³-hybridized carbons (Fsp3) is 0.521. The first kappa shape index (κ1) is 43.3. The van der Waals surface area contributed by atoms with Gasteiger partial charge in [0, 0.05) is 79.2 Å². The van der Waals surface area contributed by atoms with E-state index < -0.39 is 53.7 Å². The summed E-state index contributed by atoms with van der Waals surface area (Å²) >= 11 is 0. The molecule has 1 aliphatic carbocycles. The molecule has 336 valence electrons. The van der Waals surface area contributed by atoms with Crippen LogP contribution in [0.5, 0.6) is 5.88 Å². The van der Waals surface area contributed by atoms with Crippen LogP contribution in [0.2, 0.25) is 0 Å². The third-order valence-electron chi connectivity index (χ3n) is 13.9. The van der Waals surface area contributed by atoms with E-state index in [9.17, 15) is 33.2 Å². The molecule has 0 radical (unpaired) electrons. The summed E-state index contributed by atoms with van der Waals surface area (Å²) in [5.74, 6) is 4.85. The molecule has 1 aromatic heterocycles. The molecule has 64 heavy (non-hydrogen) atoms. The number of anilines is 1. The summed E-state index contributed by atoms with van der Waals surface area (Å²) in [6.07, 6.45) is 7.71. The Morgan fingerprint density at radius 3 is 2.52 bits per heavy atom. The molecule has 4 fully saturated rings. The first-order valence-electron chi connectivity index (χ1n) is 22.8. The van der Waals surface area contributed by atoms with Gasteiger partial charge in [0.05, 0.1) is 35.4 Å². The van der Waals surface area contributed by atoms with E-state index in [0.717, 1.165) is 85.0 Å². The Morgan fingerprint density at radius 2 is 1.73 bits per heavy atom. The van der Waals surface area contributed by atoms with Gasteiger partial charge in [-0.05, 0) is 93.5 Å². The number of alkyl halides is 1. The fourth-order valence-electron chi connectivity index (χ4n) is 10.3. The normalized spacial score (nSPS) is 26.2. The van der Waals surface area contributed by atoms with Crippen LogP contribution in [-0.4, -0.2) is 121 Å². The maximum Gasteiger partial charge on any atom is 0.264 e. The number of hydrogen-bond acceptors (Lipinski definition) is 11. The largest absolute Gasteiger partial charge is 0.475 e. The van der Waals surface area contributed by atoms with Gasteiger partial charge in [-0.25, -0.2) is 9.37 Å². The zero-order chi connectivity index (χ0) is 44.5. The summed E-state index contributed by atoms with van der Waals surface area (Å²) in [5, 5.41) is 12.7. The maximum atomic E-state index is 14.5.